The summed E-state index contributed by atoms with van der Waals surface area (Å²) in [6.07, 6.45) is 3.11. The fourth-order valence-corrected chi connectivity index (χ4v) is 3.91. The van der Waals surface area contributed by atoms with Gasteiger partial charge in [0.1, 0.15) is 5.75 Å². The molecular weight excluding hydrogens is 392 g/mol. The largest absolute Gasteiger partial charge is 0.497 e. The van der Waals surface area contributed by atoms with E-state index in [9.17, 15) is 9.59 Å². The monoisotopic (exact) mass is 418 g/mol. The molecule has 1 atom stereocenters. The Morgan fingerprint density at radius 3 is 2.68 bits per heavy atom. The first-order valence-corrected chi connectivity index (χ1v) is 10.4. The lowest BCUT2D eigenvalue weighted by Crippen LogP contribution is -2.43. The Labute approximate surface area is 181 Å². The predicted octanol–water partition coefficient (Wildman–Crippen LogP) is 3.88. The number of aryl methyl sites for hydroxylation is 1. The van der Waals surface area contributed by atoms with Gasteiger partial charge in [0.2, 0.25) is 5.91 Å². The highest BCUT2D eigenvalue weighted by atomic mass is 16.5. The Morgan fingerprint density at radius 1 is 1.16 bits per heavy atom. The highest BCUT2D eigenvalue weighted by molar-refractivity contribution is 5.97. The highest BCUT2D eigenvalue weighted by Gasteiger charge is 2.30. The van der Waals surface area contributed by atoms with E-state index < -0.39 is 0 Å². The molecule has 2 amide bonds. The number of H-pyrrole nitrogens is 1. The van der Waals surface area contributed by atoms with Gasteiger partial charge in [-0.05, 0) is 55.2 Å². The summed E-state index contributed by atoms with van der Waals surface area (Å²) in [5.41, 5.74) is 4.14. The second-order valence-corrected chi connectivity index (χ2v) is 7.80. The SMILES string of the molecule is COc1cccc(-c2ccc(NC(=O)[C@@H]3CCCN(C(=O)c4cn[nH]c4C)C3)cc2)c1. The van der Waals surface area contributed by atoms with E-state index in [1.165, 1.54) is 0 Å². The number of rotatable bonds is 5. The minimum Gasteiger partial charge on any atom is -0.497 e. The summed E-state index contributed by atoms with van der Waals surface area (Å²) in [6, 6.07) is 15.6. The molecule has 31 heavy (non-hydrogen) atoms. The van der Waals surface area contributed by atoms with Crippen LogP contribution in [0.4, 0.5) is 5.69 Å². The lowest BCUT2D eigenvalue weighted by Gasteiger charge is -2.32. The molecule has 7 heteroatoms. The van der Waals surface area contributed by atoms with Crippen LogP contribution in [0.3, 0.4) is 0 Å². The molecule has 160 valence electrons. The fraction of sp³-hybridized carbons (Fsp3) is 0.292. The number of aromatic nitrogens is 2. The Hall–Kier alpha value is -3.61. The molecule has 3 aromatic rings. The van der Waals surface area contributed by atoms with Crippen molar-refractivity contribution >= 4 is 17.5 Å². The average molecular weight is 418 g/mol. The topological polar surface area (TPSA) is 87.3 Å². The number of carbonyl (C=O) groups is 2. The lowest BCUT2D eigenvalue weighted by atomic mass is 9.96. The van der Waals surface area contributed by atoms with Gasteiger partial charge in [0.15, 0.2) is 0 Å². The van der Waals surface area contributed by atoms with Gasteiger partial charge in [-0.1, -0.05) is 24.3 Å². The molecule has 1 aromatic heterocycles. The highest BCUT2D eigenvalue weighted by Crippen LogP contribution is 2.26. The van der Waals surface area contributed by atoms with E-state index in [-0.39, 0.29) is 17.7 Å². The number of aromatic amines is 1. The molecule has 0 bridgehead atoms. The van der Waals surface area contributed by atoms with Crippen LogP contribution < -0.4 is 10.1 Å². The van der Waals surface area contributed by atoms with Crippen molar-refractivity contribution in [2.24, 2.45) is 5.92 Å². The van der Waals surface area contributed by atoms with Gasteiger partial charge >= 0.3 is 0 Å². The molecule has 0 aliphatic carbocycles. The van der Waals surface area contributed by atoms with Crippen LogP contribution in [-0.2, 0) is 4.79 Å². The Balaban J connectivity index is 1.39. The molecule has 0 unspecified atom stereocenters. The summed E-state index contributed by atoms with van der Waals surface area (Å²) in [5.74, 6) is 0.432. The second-order valence-electron chi connectivity index (χ2n) is 7.80. The minimum atomic E-state index is -0.233. The zero-order valence-corrected chi connectivity index (χ0v) is 17.7. The summed E-state index contributed by atoms with van der Waals surface area (Å²) in [6.45, 7) is 2.89. The molecule has 7 nitrogen and oxygen atoms in total. The van der Waals surface area contributed by atoms with Crippen LogP contribution in [0.25, 0.3) is 11.1 Å². The number of nitrogens with one attached hydrogen (secondary N) is 2. The number of anilines is 1. The zero-order chi connectivity index (χ0) is 21.8. The maximum Gasteiger partial charge on any atom is 0.257 e. The summed E-state index contributed by atoms with van der Waals surface area (Å²) in [5, 5.41) is 9.72. The number of methoxy groups -OCH3 is 1. The third-order valence-electron chi connectivity index (χ3n) is 5.70. The van der Waals surface area contributed by atoms with Gasteiger partial charge in [0, 0.05) is 24.5 Å². The normalized spacial score (nSPS) is 16.1. The van der Waals surface area contributed by atoms with Crippen molar-refractivity contribution < 1.29 is 14.3 Å². The van der Waals surface area contributed by atoms with Crippen LogP contribution in [0.1, 0.15) is 28.9 Å². The van der Waals surface area contributed by atoms with E-state index in [4.69, 9.17) is 4.74 Å². The quantitative estimate of drug-likeness (QED) is 0.658. The molecule has 0 radical (unpaired) electrons. The van der Waals surface area contributed by atoms with Gasteiger partial charge in [-0.2, -0.15) is 5.10 Å². The van der Waals surface area contributed by atoms with Gasteiger partial charge in [0.05, 0.1) is 24.8 Å². The summed E-state index contributed by atoms with van der Waals surface area (Å²) in [7, 11) is 1.65. The smallest absolute Gasteiger partial charge is 0.257 e. The predicted molar refractivity (Wildman–Crippen MR) is 119 cm³/mol. The van der Waals surface area contributed by atoms with E-state index >= 15 is 0 Å². The maximum absolute atomic E-state index is 12.8. The van der Waals surface area contributed by atoms with Crippen molar-refractivity contribution in [3.63, 3.8) is 0 Å². The zero-order valence-electron chi connectivity index (χ0n) is 17.7. The molecule has 4 rings (SSSR count). The molecule has 1 fully saturated rings. The van der Waals surface area contributed by atoms with Crippen LogP contribution in [0.5, 0.6) is 5.75 Å². The minimum absolute atomic E-state index is 0.0597. The Bertz CT molecular complexity index is 1070. The second kappa shape index (κ2) is 9.04. The summed E-state index contributed by atoms with van der Waals surface area (Å²) >= 11 is 0. The number of hydrogen-bond donors (Lipinski definition) is 2. The first kappa shape index (κ1) is 20.7. The Morgan fingerprint density at radius 2 is 1.97 bits per heavy atom. The number of ether oxygens (including phenoxy) is 1. The molecule has 2 heterocycles. The van der Waals surface area contributed by atoms with E-state index in [0.717, 1.165) is 41.1 Å². The number of amides is 2. The number of piperidine rings is 1. The van der Waals surface area contributed by atoms with Crippen molar-refractivity contribution in [2.45, 2.75) is 19.8 Å². The number of nitrogens with zero attached hydrogens (tertiary/aromatic N) is 2. The third kappa shape index (κ3) is 4.60. The fourth-order valence-electron chi connectivity index (χ4n) is 3.91. The number of carbonyl (C=O) groups excluding carboxylic acids is 2. The van der Waals surface area contributed by atoms with E-state index in [1.807, 2.05) is 55.5 Å². The third-order valence-corrected chi connectivity index (χ3v) is 5.70. The van der Waals surface area contributed by atoms with Crippen molar-refractivity contribution in [1.29, 1.82) is 0 Å². The number of hydrogen-bond acceptors (Lipinski definition) is 4. The summed E-state index contributed by atoms with van der Waals surface area (Å²) < 4.78 is 5.29. The van der Waals surface area contributed by atoms with Gasteiger partial charge in [-0.15, -0.1) is 0 Å². The molecule has 1 aliphatic heterocycles. The van der Waals surface area contributed by atoms with Crippen molar-refractivity contribution in [2.75, 3.05) is 25.5 Å². The standard InChI is InChI=1S/C24H26N4O3/c1-16-22(14-25-27-16)24(30)28-12-4-6-19(15-28)23(29)26-20-10-8-17(9-11-20)18-5-3-7-21(13-18)31-2/h3,5,7-11,13-14,19H,4,6,12,15H2,1-2H3,(H,25,27)(H,26,29)/t19-/m1/s1. The molecule has 1 saturated heterocycles. The van der Waals surface area contributed by atoms with Crippen LogP contribution in [-0.4, -0.2) is 47.1 Å². The van der Waals surface area contributed by atoms with Gasteiger partial charge < -0.3 is 15.0 Å². The van der Waals surface area contributed by atoms with E-state index in [0.29, 0.717) is 18.7 Å². The van der Waals surface area contributed by atoms with Crippen molar-refractivity contribution in [3.8, 4) is 16.9 Å². The van der Waals surface area contributed by atoms with Crippen LogP contribution in [0, 0.1) is 12.8 Å². The van der Waals surface area contributed by atoms with Gasteiger partial charge in [-0.3, -0.25) is 14.7 Å². The molecule has 0 spiro atoms. The van der Waals surface area contributed by atoms with Crippen molar-refractivity contribution in [1.82, 2.24) is 15.1 Å². The molecular formula is C24H26N4O3. The average Bonchev–Trinajstić information content (AvgIpc) is 3.25. The van der Waals surface area contributed by atoms with E-state index in [2.05, 4.69) is 15.5 Å². The molecule has 2 N–H and O–H groups in total. The van der Waals surface area contributed by atoms with E-state index in [1.54, 1.807) is 18.2 Å². The molecule has 2 aromatic carbocycles. The van der Waals surface area contributed by atoms with Gasteiger partial charge in [-0.25, -0.2) is 0 Å². The lowest BCUT2D eigenvalue weighted by molar-refractivity contribution is -0.121. The molecule has 0 saturated carbocycles. The van der Waals surface area contributed by atoms with Crippen molar-refractivity contribution in [3.05, 3.63) is 66.0 Å². The van der Waals surface area contributed by atoms with Crippen LogP contribution in [0.15, 0.2) is 54.7 Å². The first-order chi connectivity index (χ1) is 15.0. The summed E-state index contributed by atoms with van der Waals surface area (Å²) in [4.78, 5) is 27.3. The number of likely N-dealkylation sites (tertiary alicyclic amines) is 1. The maximum atomic E-state index is 12.8. The first-order valence-electron chi connectivity index (χ1n) is 10.4. The van der Waals surface area contributed by atoms with Gasteiger partial charge in [0.25, 0.3) is 5.91 Å². The number of benzene rings is 2. The Kier molecular flexibility index (Phi) is 6.02. The van der Waals surface area contributed by atoms with Crippen LogP contribution in [0.2, 0.25) is 0 Å². The van der Waals surface area contributed by atoms with Crippen LogP contribution >= 0.6 is 0 Å². The molecule has 1 aliphatic rings.